The van der Waals surface area contributed by atoms with E-state index in [1.165, 1.54) is 11.3 Å². The Kier molecular flexibility index (Phi) is 5.17. The molecule has 4 aromatic rings. The van der Waals surface area contributed by atoms with E-state index in [-0.39, 0.29) is 5.91 Å². The van der Waals surface area contributed by atoms with E-state index in [2.05, 4.69) is 10.3 Å². The molecule has 0 aliphatic rings. The monoisotopic (exact) mass is 386 g/mol. The molecule has 1 aromatic heterocycles. The Balaban J connectivity index is 1.46. The second-order valence-electron chi connectivity index (χ2n) is 6.16. The number of amides is 1. The van der Waals surface area contributed by atoms with Crippen molar-refractivity contribution in [1.29, 1.82) is 0 Å². The Bertz CT molecular complexity index is 1070. The maximum atomic E-state index is 12.5. The van der Waals surface area contributed by atoms with Gasteiger partial charge in [0.05, 0.1) is 12.8 Å². The second-order valence-corrected chi connectivity index (χ2v) is 7.02. The maximum absolute atomic E-state index is 12.5. The first-order valence-corrected chi connectivity index (χ1v) is 9.68. The molecule has 0 saturated heterocycles. The van der Waals surface area contributed by atoms with E-state index in [0.717, 1.165) is 28.1 Å². The third-order valence-electron chi connectivity index (χ3n) is 4.36. The lowest BCUT2D eigenvalue weighted by Crippen LogP contribution is -2.11. The number of rotatable bonds is 5. The number of methoxy groups -OCH3 is 1. The molecule has 3 aromatic carbocycles. The Labute approximate surface area is 167 Å². The number of hydrogen-bond donors (Lipinski definition) is 1. The fourth-order valence-electron chi connectivity index (χ4n) is 2.84. The van der Waals surface area contributed by atoms with Crippen LogP contribution in [0, 0.1) is 0 Å². The predicted octanol–water partition coefficient (Wildman–Crippen LogP) is 5.74. The number of benzene rings is 3. The molecule has 0 bridgehead atoms. The average Bonchev–Trinajstić information content (AvgIpc) is 3.23. The lowest BCUT2D eigenvalue weighted by atomic mass is 10.0. The van der Waals surface area contributed by atoms with Crippen molar-refractivity contribution < 1.29 is 9.53 Å². The summed E-state index contributed by atoms with van der Waals surface area (Å²) in [5, 5.41) is 5.37. The molecule has 0 unspecified atom stereocenters. The van der Waals surface area contributed by atoms with Gasteiger partial charge in [-0.25, -0.2) is 4.98 Å². The number of nitrogens with one attached hydrogen (secondary N) is 1. The van der Waals surface area contributed by atoms with Crippen molar-refractivity contribution in [1.82, 2.24) is 4.98 Å². The van der Waals surface area contributed by atoms with E-state index in [0.29, 0.717) is 10.7 Å². The number of aromatic nitrogens is 1. The summed E-state index contributed by atoms with van der Waals surface area (Å²) in [7, 11) is 1.64. The van der Waals surface area contributed by atoms with Gasteiger partial charge in [0.15, 0.2) is 5.13 Å². The highest BCUT2D eigenvalue weighted by molar-refractivity contribution is 7.14. The van der Waals surface area contributed by atoms with Crippen LogP contribution in [0.2, 0.25) is 0 Å². The summed E-state index contributed by atoms with van der Waals surface area (Å²) in [5.41, 5.74) is 4.60. The molecule has 28 heavy (non-hydrogen) atoms. The van der Waals surface area contributed by atoms with Crippen molar-refractivity contribution in [2.24, 2.45) is 0 Å². The van der Waals surface area contributed by atoms with E-state index in [9.17, 15) is 4.79 Å². The molecule has 138 valence electrons. The molecule has 5 heteroatoms. The van der Waals surface area contributed by atoms with E-state index in [4.69, 9.17) is 4.74 Å². The minimum atomic E-state index is -0.171. The minimum absolute atomic E-state index is 0.171. The molecule has 0 aliphatic carbocycles. The van der Waals surface area contributed by atoms with Gasteiger partial charge >= 0.3 is 0 Å². The first-order chi connectivity index (χ1) is 13.7. The molecular weight excluding hydrogens is 368 g/mol. The van der Waals surface area contributed by atoms with Crippen LogP contribution in [0.15, 0.2) is 84.2 Å². The molecular formula is C23H18N2O2S. The molecule has 0 spiro atoms. The summed E-state index contributed by atoms with van der Waals surface area (Å²) in [6.45, 7) is 0. The Morgan fingerprint density at radius 1 is 0.857 bits per heavy atom. The van der Waals surface area contributed by atoms with Gasteiger partial charge in [0, 0.05) is 16.5 Å². The third-order valence-corrected chi connectivity index (χ3v) is 5.12. The highest BCUT2D eigenvalue weighted by Crippen LogP contribution is 2.27. The normalized spacial score (nSPS) is 10.5. The summed E-state index contributed by atoms with van der Waals surface area (Å²) in [6, 6.07) is 25.3. The van der Waals surface area contributed by atoms with Gasteiger partial charge in [-0.2, -0.15) is 0 Å². The van der Waals surface area contributed by atoms with Crippen LogP contribution in [0.25, 0.3) is 22.4 Å². The lowest BCUT2D eigenvalue weighted by molar-refractivity contribution is 0.102. The zero-order chi connectivity index (χ0) is 19.3. The molecule has 4 nitrogen and oxygen atoms in total. The van der Waals surface area contributed by atoms with Crippen LogP contribution in [0.4, 0.5) is 5.13 Å². The standard InChI is InChI=1S/C23H18N2O2S/c1-27-20-13-11-18(12-14-20)21-15-28-23(24-21)25-22(26)19-9-7-17(8-10-19)16-5-3-2-4-6-16/h2-15H,1H3,(H,24,25,26). The van der Waals surface area contributed by atoms with Crippen molar-refractivity contribution >= 4 is 22.4 Å². The highest BCUT2D eigenvalue weighted by Gasteiger charge is 2.10. The van der Waals surface area contributed by atoms with E-state index in [1.54, 1.807) is 7.11 Å². The minimum Gasteiger partial charge on any atom is -0.497 e. The van der Waals surface area contributed by atoms with Gasteiger partial charge in [-0.15, -0.1) is 11.3 Å². The SMILES string of the molecule is COc1ccc(-c2csc(NC(=O)c3ccc(-c4ccccc4)cc3)n2)cc1. The number of anilines is 1. The van der Waals surface area contributed by atoms with Crippen LogP contribution < -0.4 is 10.1 Å². The first-order valence-electron chi connectivity index (χ1n) is 8.80. The Hall–Kier alpha value is -3.44. The molecule has 0 saturated carbocycles. The second kappa shape index (κ2) is 8.06. The lowest BCUT2D eigenvalue weighted by Gasteiger charge is -2.05. The van der Waals surface area contributed by atoms with Gasteiger partial charge in [-0.3, -0.25) is 10.1 Å². The van der Waals surface area contributed by atoms with E-state index >= 15 is 0 Å². The Morgan fingerprint density at radius 2 is 1.50 bits per heavy atom. The van der Waals surface area contributed by atoms with Crippen LogP contribution >= 0.6 is 11.3 Å². The fraction of sp³-hybridized carbons (Fsp3) is 0.0435. The number of thiazole rings is 1. The molecule has 0 aliphatic heterocycles. The van der Waals surface area contributed by atoms with Crippen molar-refractivity contribution in [2.75, 3.05) is 12.4 Å². The zero-order valence-corrected chi connectivity index (χ0v) is 16.1. The van der Waals surface area contributed by atoms with Crippen LogP contribution in [0.1, 0.15) is 10.4 Å². The number of ether oxygens (including phenoxy) is 1. The van der Waals surface area contributed by atoms with Crippen molar-refractivity contribution in [3.8, 4) is 28.1 Å². The summed E-state index contributed by atoms with van der Waals surface area (Å²) < 4.78 is 5.17. The number of nitrogens with zero attached hydrogens (tertiary/aromatic N) is 1. The smallest absolute Gasteiger partial charge is 0.257 e. The van der Waals surface area contributed by atoms with Crippen molar-refractivity contribution in [3.05, 3.63) is 89.8 Å². The topological polar surface area (TPSA) is 51.2 Å². The largest absolute Gasteiger partial charge is 0.497 e. The molecule has 0 radical (unpaired) electrons. The van der Waals surface area contributed by atoms with Gasteiger partial charge in [0.25, 0.3) is 5.91 Å². The van der Waals surface area contributed by atoms with Gasteiger partial charge in [-0.1, -0.05) is 42.5 Å². The van der Waals surface area contributed by atoms with Crippen molar-refractivity contribution in [3.63, 3.8) is 0 Å². The number of carbonyl (C=O) groups is 1. The predicted molar refractivity (Wildman–Crippen MR) is 114 cm³/mol. The quantitative estimate of drug-likeness (QED) is 0.476. The zero-order valence-electron chi connectivity index (χ0n) is 15.3. The van der Waals surface area contributed by atoms with Gasteiger partial charge in [-0.05, 0) is 47.5 Å². The maximum Gasteiger partial charge on any atom is 0.257 e. The molecule has 0 atom stereocenters. The van der Waals surface area contributed by atoms with Crippen LogP contribution in [-0.4, -0.2) is 18.0 Å². The number of carbonyl (C=O) groups excluding carboxylic acids is 1. The third kappa shape index (κ3) is 3.94. The van der Waals surface area contributed by atoms with Crippen LogP contribution in [0.3, 0.4) is 0 Å². The summed E-state index contributed by atoms with van der Waals surface area (Å²) in [4.78, 5) is 17.0. The van der Waals surface area contributed by atoms with Gasteiger partial charge in [0.2, 0.25) is 0 Å². The van der Waals surface area contributed by atoms with Gasteiger partial charge < -0.3 is 4.74 Å². The van der Waals surface area contributed by atoms with E-state index < -0.39 is 0 Å². The molecule has 0 fully saturated rings. The van der Waals surface area contributed by atoms with E-state index in [1.807, 2.05) is 84.2 Å². The molecule has 4 rings (SSSR count). The summed E-state index contributed by atoms with van der Waals surface area (Å²) in [6.07, 6.45) is 0. The van der Waals surface area contributed by atoms with Crippen LogP contribution in [0.5, 0.6) is 5.75 Å². The first kappa shape index (κ1) is 17.9. The van der Waals surface area contributed by atoms with Crippen LogP contribution in [-0.2, 0) is 0 Å². The molecule has 1 N–H and O–H groups in total. The summed E-state index contributed by atoms with van der Waals surface area (Å²) >= 11 is 1.40. The average molecular weight is 386 g/mol. The highest BCUT2D eigenvalue weighted by atomic mass is 32.1. The molecule has 1 heterocycles. The number of hydrogen-bond acceptors (Lipinski definition) is 4. The van der Waals surface area contributed by atoms with Crippen molar-refractivity contribution in [2.45, 2.75) is 0 Å². The fourth-order valence-corrected chi connectivity index (χ4v) is 3.55. The summed E-state index contributed by atoms with van der Waals surface area (Å²) in [5.74, 6) is 0.627. The molecule has 1 amide bonds. The Morgan fingerprint density at radius 3 is 2.18 bits per heavy atom. The van der Waals surface area contributed by atoms with Gasteiger partial charge in [0.1, 0.15) is 5.75 Å².